The van der Waals surface area contributed by atoms with Gasteiger partial charge in [0.1, 0.15) is 11.9 Å². The molecule has 0 spiro atoms. The number of halogens is 1. The number of nitrogens with one attached hydrogen (secondary N) is 4. The van der Waals surface area contributed by atoms with E-state index >= 15 is 0 Å². The van der Waals surface area contributed by atoms with Crippen LogP contribution in [0, 0.1) is 17.2 Å². The molecule has 2 aromatic carbocycles. The standard InChI is InChI=1S/C34H50FN5O5S/c1-22(2)27(20-23(3)30(41)39-46(44,45)37-21-24-16-14-15-19-26(24)35)40(10)32(43)29(33(4,5)6)38-31(42)28(36-9)34(7,8)25-17-12-11-13-18-25/h11-20,22,27-29,36-37H,21H2,1-10H3,(H,38,42)(H,39,41)/b23-20+. The maximum absolute atomic E-state index is 14.1. The molecule has 254 valence electrons. The van der Waals surface area contributed by atoms with Crippen molar-refractivity contribution in [1.29, 1.82) is 0 Å². The number of carbonyl (C=O) groups excluding carboxylic acids is 3. The molecule has 10 nitrogen and oxygen atoms in total. The second kappa shape index (κ2) is 15.8. The van der Waals surface area contributed by atoms with Gasteiger partial charge < -0.3 is 15.5 Å². The lowest BCUT2D eigenvalue weighted by molar-refractivity contribution is -0.140. The van der Waals surface area contributed by atoms with Crippen LogP contribution in [-0.4, -0.2) is 63.3 Å². The van der Waals surface area contributed by atoms with E-state index in [1.165, 1.54) is 36.1 Å². The van der Waals surface area contributed by atoms with E-state index in [4.69, 9.17) is 0 Å². The van der Waals surface area contributed by atoms with Crippen LogP contribution in [0.15, 0.2) is 66.2 Å². The first-order valence-corrected chi connectivity index (χ1v) is 16.7. The molecule has 3 unspecified atom stereocenters. The fourth-order valence-corrected chi connectivity index (χ4v) is 6.04. The summed E-state index contributed by atoms with van der Waals surface area (Å²) in [4.78, 5) is 42.2. The Morgan fingerprint density at radius 1 is 0.935 bits per heavy atom. The molecular weight excluding hydrogens is 609 g/mol. The van der Waals surface area contributed by atoms with Gasteiger partial charge in [-0.05, 0) is 36.9 Å². The Balaban J connectivity index is 2.26. The number of rotatable bonds is 14. The topological polar surface area (TPSA) is 137 Å². The van der Waals surface area contributed by atoms with Crippen molar-refractivity contribution < 1.29 is 27.2 Å². The molecule has 0 aromatic heterocycles. The minimum absolute atomic E-state index is 0.0609. The van der Waals surface area contributed by atoms with E-state index in [1.807, 2.05) is 83.5 Å². The normalized spacial score (nSPS) is 14.7. The fourth-order valence-electron chi connectivity index (χ4n) is 5.22. The number of carbonyl (C=O) groups is 3. The van der Waals surface area contributed by atoms with E-state index < -0.39 is 50.9 Å². The highest BCUT2D eigenvalue weighted by molar-refractivity contribution is 7.88. The largest absolute Gasteiger partial charge is 0.342 e. The Labute approximate surface area is 273 Å². The average Bonchev–Trinajstić information content (AvgIpc) is 2.97. The van der Waals surface area contributed by atoms with Crippen LogP contribution in [0.2, 0.25) is 0 Å². The SMILES string of the molecule is CNC(C(=O)NC(C(=O)N(C)C(/C=C(\C)C(=O)NS(=O)(=O)NCc1ccccc1F)C(C)C)C(C)(C)C)C(C)(C)c1ccccc1. The number of hydrogen-bond donors (Lipinski definition) is 4. The van der Waals surface area contributed by atoms with E-state index in [0.29, 0.717) is 0 Å². The molecule has 0 saturated carbocycles. The monoisotopic (exact) mass is 659 g/mol. The molecule has 0 aliphatic heterocycles. The Morgan fingerprint density at radius 2 is 1.50 bits per heavy atom. The van der Waals surface area contributed by atoms with Crippen LogP contribution in [0.3, 0.4) is 0 Å². The second-order valence-electron chi connectivity index (χ2n) is 13.5. The predicted octanol–water partition coefficient (Wildman–Crippen LogP) is 3.80. The van der Waals surface area contributed by atoms with Gasteiger partial charge in [0.25, 0.3) is 5.91 Å². The van der Waals surface area contributed by atoms with Gasteiger partial charge in [0.15, 0.2) is 0 Å². The zero-order valence-corrected chi connectivity index (χ0v) is 29.4. The number of hydrogen-bond acceptors (Lipinski definition) is 6. The molecule has 0 aliphatic carbocycles. The Hall–Kier alpha value is -3.61. The molecule has 0 heterocycles. The average molecular weight is 660 g/mol. The molecule has 0 saturated heterocycles. The van der Waals surface area contributed by atoms with Gasteiger partial charge in [-0.2, -0.15) is 13.1 Å². The number of benzene rings is 2. The van der Waals surface area contributed by atoms with Crippen molar-refractivity contribution in [3.8, 4) is 0 Å². The van der Waals surface area contributed by atoms with E-state index in [0.717, 1.165) is 5.56 Å². The summed E-state index contributed by atoms with van der Waals surface area (Å²) in [6, 6.07) is 13.2. The van der Waals surface area contributed by atoms with Gasteiger partial charge >= 0.3 is 10.2 Å². The lowest BCUT2D eigenvalue weighted by atomic mass is 9.76. The van der Waals surface area contributed by atoms with Gasteiger partial charge in [-0.25, -0.2) is 9.11 Å². The maximum Gasteiger partial charge on any atom is 0.301 e. The van der Waals surface area contributed by atoms with E-state index in [1.54, 1.807) is 20.2 Å². The summed E-state index contributed by atoms with van der Waals surface area (Å²) >= 11 is 0. The minimum atomic E-state index is -4.31. The van der Waals surface area contributed by atoms with Crippen molar-refractivity contribution >= 4 is 27.9 Å². The van der Waals surface area contributed by atoms with Crippen LogP contribution in [-0.2, 0) is 36.6 Å². The Morgan fingerprint density at radius 3 is 2.02 bits per heavy atom. The van der Waals surface area contributed by atoms with Crippen molar-refractivity contribution in [2.45, 2.75) is 85.5 Å². The van der Waals surface area contributed by atoms with Crippen molar-refractivity contribution in [3.05, 3.63) is 83.2 Å². The minimum Gasteiger partial charge on any atom is -0.342 e. The number of likely N-dealkylation sites (N-methyl/N-ethyl adjacent to an activating group) is 2. The van der Waals surface area contributed by atoms with Crippen LogP contribution in [0.4, 0.5) is 4.39 Å². The smallest absolute Gasteiger partial charge is 0.301 e. The first-order chi connectivity index (χ1) is 21.2. The third-order valence-corrected chi connectivity index (χ3v) is 9.06. The molecule has 2 aromatic rings. The van der Waals surface area contributed by atoms with Gasteiger partial charge in [-0.3, -0.25) is 14.4 Å². The predicted molar refractivity (Wildman–Crippen MR) is 179 cm³/mol. The van der Waals surface area contributed by atoms with Gasteiger partial charge in [0.2, 0.25) is 11.8 Å². The zero-order chi connectivity index (χ0) is 35.0. The molecular formula is C34H50FN5O5S. The summed E-state index contributed by atoms with van der Waals surface area (Å²) in [5.74, 6) is -2.35. The van der Waals surface area contributed by atoms with Gasteiger partial charge in [-0.1, -0.05) is 103 Å². The molecule has 0 fully saturated rings. The van der Waals surface area contributed by atoms with Gasteiger partial charge in [0, 0.05) is 30.1 Å². The second-order valence-corrected chi connectivity index (χ2v) is 15.0. The van der Waals surface area contributed by atoms with E-state index in [9.17, 15) is 27.2 Å². The summed E-state index contributed by atoms with van der Waals surface area (Å²) in [7, 11) is -1.01. The maximum atomic E-state index is 14.1. The van der Waals surface area contributed by atoms with Crippen molar-refractivity contribution in [2.75, 3.05) is 14.1 Å². The number of nitrogens with zero attached hydrogens (tertiary/aromatic N) is 1. The van der Waals surface area contributed by atoms with Crippen LogP contribution >= 0.6 is 0 Å². The fraction of sp³-hybridized carbons (Fsp3) is 0.500. The summed E-state index contributed by atoms with van der Waals surface area (Å²) in [5, 5.41) is 6.11. The summed E-state index contributed by atoms with van der Waals surface area (Å²) < 4.78 is 43.1. The quantitative estimate of drug-likeness (QED) is 0.228. The summed E-state index contributed by atoms with van der Waals surface area (Å²) in [6.07, 6.45) is 1.53. The van der Waals surface area contributed by atoms with E-state index in [2.05, 4.69) is 15.4 Å². The van der Waals surface area contributed by atoms with Crippen LogP contribution in [0.5, 0.6) is 0 Å². The molecule has 2 rings (SSSR count). The molecule has 0 aliphatic rings. The van der Waals surface area contributed by atoms with Gasteiger partial charge in [0.05, 0.1) is 12.1 Å². The molecule has 12 heteroatoms. The van der Waals surface area contributed by atoms with Crippen LogP contribution in [0.25, 0.3) is 0 Å². The van der Waals surface area contributed by atoms with Crippen molar-refractivity contribution in [3.63, 3.8) is 0 Å². The molecule has 0 radical (unpaired) electrons. The molecule has 3 amide bonds. The Kier molecular flexibility index (Phi) is 13.2. The lowest BCUT2D eigenvalue weighted by Crippen LogP contribution is -2.61. The van der Waals surface area contributed by atoms with Crippen LogP contribution in [0.1, 0.15) is 66.5 Å². The highest BCUT2D eigenvalue weighted by atomic mass is 32.2. The summed E-state index contributed by atoms with van der Waals surface area (Å²) in [5.41, 5.74) is -0.131. The third-order valence-electron chi connectivity index (χ3n) is 8.08. The zero-order valence-electron chi connectivity index (χ0n) is 28.6. The van der Waals surface area contributed by atoms with Crippen molar-refractivity contribution in [1.82, 2.24) is 25.0 Å². The van der Waals surface area contributed by atoms with Crippen molar-refractivity contribution in [2.24, 2.45) is 11.3 Å². The van der Waals surface area contributed by atoms with Crippen LogP contribution < -0.4 is 20.1 Å². The highest BCUT2D eigenvalue weighted by Gasteiger charge is 2.41. The highest BCUT2D eigenvalue weighted by Crippen LogP contribution is 2.29. The number of amides is 3. The van der Waals surface area contributed by atoms with E-state index in [-0.39, 0.29) is 35.4 Å². The molecule has 4 N–H and O–H groups in total. The Bertz CT molecular complexity index is 1500. The molecule has 0 bridgehead atoms. The summed E-state index contributed by atoms with van der Waals surface area (Å²) in [6.45, 7) is 14.3. The lowest BCUT2D eigenvalue weighted by Gasteiger charge is -2.40. The first kappa shape index (κ1) is 38.6. The molecule has 3 atom stereocenters. The van der Waals surface area contributed by atoms with Gasteiger partial charge in [-0.15, -0.1) is 0 Å². The third kappa shape index (κ3) is 10.2. The first-order valence-electron chi connectivity index (χ1n) is 15.3. The molecule has 46 heavy (non-hydrogen) atoms.